The number of benzene rings is 2. The van der Waals surface area contributed by atoms with E-state index in [0.717, 1.165) is 0 Å². The van der Waals surface area contributed by atoms with Crippen LogP contribution in [0.15, 0.2) is 48.5 Å². The van der Waals surface area contributed by atoms with Gasteiger partial charge in [-0.15, -0.1) is 0 Å². The van der Waals surface area contributed by atoms with E-state index in [4.69, 9.17) is 16.3 Å². The summed E-state index contributed by atoms with van der Waals surface area (Å²) in [5, 5.41) is 3.37. The van der Waals surface area contributed by atoms with Gasteiger partial charge in [-0.3, -0.25) is 14.4 Å². The first-order chi connectivity index (χ1) is 16.4. The molecule has 0 radical (unpaired) electrons. The Morgan fingerprint density at radius 2 is 1.62 bits per heavy atom. The number of fused-ring (bicyclic) bond motifs is 1. The Balaban J connectivity index is 1.17. The van der Waals surface area contributed by atoms with Crippen molar-refractivity contribution in [1.29, 1.82) is 0 Å². The molecule has 3 aliphatic heterocycles. The normalized spacial score (nSPS) is 20.2. The molecule has 3 heterocycles. The average Bonchev–Trinajstić information content (AvgIpc) is 2.99. The number of piperidine rings is 2. The van der Waals surface area contributed by atoms with E-state index in [2.05, 4.69) is 5.32 Å². The molecule has 0 unspecified atom stereocenters. The van der Waals surface area contributed by atoms with Crippen LogP contribution in [0.4, 0.5) is 5.69 Å². The van der Waals surface area contributed by atoms with Crippen molar-refractivity contribution in [2.24, 2.45) is 5.92 Å². The standard InChI is InChI=1S/C26H28ClN3O4/c27-20-6-2-1-5-19(20)25(33)29-13-9-18(10-14-29)24(32)30-15-11-26(12-16-30)17-23(31)28-21-7-3-4-8-22(21)34-26/h1-8,18H,9-17H2,(H,28,31). The topological polar surface area (TPSA) is 79.0 Å². The van der Waals surface area contributed by atoms with E-state index in [1.54, 1.807) is 29.2 Å². The number of ether oxygens (including phenoxy) is 1. The highest BCUT2D eigenvalue weighted by molar-refractivity contribution is 6.33. The second-order valence-corrected chi connectivity index (χ2v) is 9.78. The maximum Gasteiger partial charge on any atom is 0.255 e. The predicted molar refractivity (Wildman–Crippen MR) is 129 cm³/mol. The lowest BCUT2D eigenvalue weighted by Gasteiger charge is -2.42. The van der Waals surface area contributed by atoms with Gasteiger partial charge in [-0.05, 0) is 37.1 Å². The molecule has 2 fully saturated rings. The van der Waals surface area contributed by atoms with Gasteiger partial charge >= 0.3 is 0 Å². The Morgan fingerprint density at radius 3 is 2.35 bits per heavy atom. The Labute approximate surface area is 204 Å². The Bertz CT molecular complexity index is 1100. The van der Waals surface area contributed by atoms with Crippen LogP contribution in [0.25, 0.3) is 0 Å². The zero-order valence-electron chi connectivity index (χ0n) is 19.0. The van der Waals surface area contributed by atoms with Crippen molar-refractivity contribution in [2.45, 2.75) is 37.7 Å². The quantitative estimate of drug-likeness (QED) is 0.703. The van der Waals surface area contributed by atoms with Gasteiger partial charge < -0.3 is 19.9 Å². The number of anilines is 1. The summed E-state index contributed by atoms with van der Waals surface area (Å²) >= 11 is 6.18. The molecule has 2 aromatic carbocycles. The Hall–Kier alpha value is -3.06. The van der Waals surface area contributed by atoms with Crippen molar-refractivity contribution in [2.75, 3.05) is 31.5 Å². The highest BCUT2D eigenvalue weighted by Gasteiger charge is 2.43. The van der Waals surface area contributed by atoms with Gasteiger partial charge in [-0.2, -0.15) is 0 Å². The molecule has 1 spiro atoms. The van der Waals surface area contributed by atoms with Crippen molar-refractivity contribution in [3.8, 4) is 5.75 Å². The minimum atomic E-state index is -0.585. The molecule has 5 rings (SSSR count). The number of nitrogens with zero attached hydrogens (tertiary/aromatic N) is 2. The summed E-state index contributed by atoms with van der Waals surface area (Å²) < 4.78 is 6.35. The number of rotatable bonds is 2. The molecule has 3 aliphatic rings. The third-order valence-corrected chi connectivity index (χ3v) is 7.52. The van der Waals surface area contributed by atoms with E-state index in [-0.39, 0.29) is 30.1 Å². The number of nitrogens with one attached hydrogen (secondary N) is 1. The predicted octanol–water partition coefficient (Wildman–Crippen LogP) is 3.97. The van der Waals surface area contributed by atoms with Crippen LogP contribution in [0.2, 0.25) is 5.02 Å². The van der Waals surface area contributed by atoms with Crippen LogP contribution in [0.3, 0.4) is 0 Å². The van der Waals surface area contributed by atoms with E-state index in [1.165, 1.54) is 0 Å². The molecule has 8 heteroatoms. The number of amides is 3. The molecule has 34 heavy (non-hydrogen) atoms. The SMILES string of the molecule is O=C1CC2(CCN(C(=O)C3CCN(C(=O)c4ccccc4Cl)CC3)CC2)Oc2ccccc2N1. The lowest BCUT2D eigenvalue weighted by molar-refractivity contribution is -0.141. The van der Waals surface area contributed by atoms with E-state index in [0.29, 0.717) is 73.9 Å². The highest BCUT2D eigenvalue weighted by atomic mass is 35.5. The molecule has 0 aliphatic carbocycles. The van der Waals surface area contributed by atoms with E-state index in [1.807, 2.05) is 29.2 Å². The Kier molecular flexibility index (Phi) is 6.21. The fourth-order valence-electron chi connectivity index (χ4n) is 5.22. The van der Waals surface area contributed by atoms with Crippen LogP contribution in [0.1, 0.15) is 42.5 Å². The van der Waals surface area contributed by atoms with Crippen molar-refractivity contribution >= 4 is 35.0 Å². The zero-order chi connectivity index (χ0) is 23.7. The number of hydrogen-bond acceptors (Lipinski definition) is 4. The van der Waals surface area contributed by atoms with E-state index in [9.17, 15) is 14.4 Å². The highest BCUT2D eigenvalue weighted by Crippen LogP contribution is 2.38. The second kappa shape index (κ2) is 9.29. The van der Waals surface area contributed by atoms with Crippen LogP contribution < -0.4 is 10.1 Å². The number of halogens is 1. The number of likely N-dealkylation sites (tertiary alicyclic amines) is 2. The second-order valence-electron chi connectivity index (χ2n) is 9.38. The summed E-state index contributed by atoms with van der Waals surface area (Å²) in [6.07, 6.45) is 2.80. The van der Waals surface area contributed by atoms with Gasteiger partial charge in [0, 0.05) is 44.9 Å². The van der Waals surface area contributed by atoms with Gasteiger partial charge in [0.1, 0.15) is 11.4 Å². The van der Waals surface area contributed by atoms with Crippen LogP contribution in [0.5, 0.6) is 5.75 Å². The number of hydrogen-bond donors (Lipinski definition) is 1. The summed E-state index contributed by atoms with van der Waals surface area (Å²) in [5.74, 6) is 0.589. The minimum Gasteiger partial charge on any atom is -0.484 e. The van der Waals surface area contributed by atoms with Gasteiger partial charge in [-0.25, -0.2) is 0 Å². The van der Waals surface area contributed by atoms with E-state index >= 15 is 0 Å². The molecule has 0 saturated carbocycles. The van der Waals surface area contributed by atoms with Crippen molar-refractivity contribution in [3.05, 3.63) is 59.1 Å². The fraction of sp³-hybridized carbons (Fsp3) is 0.423. The number of para-hydroxylation sites is 2. The zero-order valence-corrected chi connectivity index (χ0v) is 19.7. The first kappa shape index (κ1) is 22.7. The van der Waals surface area contributed by atoms with Gasteiger partial charge in [-0.1, -0.05) is 35.9 Å². The van der Waals surface area contributed by atoms with Crippen molar-refractivity contribution < 1.29 is 19.1 Å². The first-order valence-electron chi connectivity index (χ1n) is 11.8. The van der Waals surface area contributed by atoms with Gasteiger partial charge in [0.2, 0.25) is 11.8 Å². The van der Waals surface area contributed by atoms with Crippen LogP contribution >= 0.6 is 11.6 Å². The van der Waals surface area contributed by atoms with Gasteiger partial charge in [0.15, 0.2) is 0 Å². The molecular weight excluding hydrogens is 454 g/mol. The average molecular weight is 482 g/mol. The minimum absolute atomic E-state index is 0.0553. The van der Waals surface area contributed by atoms with E-state index < -0.39 is 5.60 Å². The molecule has 0 aromatic heterocycles. The maximum atomic E-state index is 13.2. The Morgan fingerprint density at radius 1 is 0.941 bits per heavy atom. The summed E-state index contributed by atoms with van der Waals surface area (Å²) in [5.41, 5.74) is 0.614. The molecule has 3 amide bonds. The largest absolute Gasteiger partial charge is 0.484 e. The van der Waals surface area contributed by atoms with Crippen molar-refractivity contribution in [3.63, 3.8) is 0 Å². The lowest BCUT2D eigenvalue weighted by Crippen LogP contribution is -2.52. The molecule has 2 saturated heterocycles. The maximum absolute atomic E-state index is 13.2. The van der Waals surface area contributed by atoms with Crippen LogP contribution in [-0.4, -0.2) is 59.3 Å². The summed E-state index contributed by atoms with van der Waals surface area (Å²) in [6.45, 7) is 2.21. The summed E-state index contributed by atoms with van der Waals surface area (Å²) in [4.78, 5) is 42.2. The van der Waals surface area contributed by atoms with Crippen molar-refractivity contribution in [1.82, 2.24) is 9.80 Å². The first-order valence-corrected chi connectivity index (χ1v) is 12.2. The third kappa shape index (κ3) is 4.49. The third-order valence-electron chi connectivity index (χ3n) is 7.19. The molecule has 1 N–H and O–H groups in total. The monoisotopic (exact) mass is 481 g/mol. The number of carbonyl (C=O) groups is 3. The fourth-order valence-corrected chi connectivity index (χ4v) is 5.44. The molecular formula is C26H28ClN3O4. The van der Waals surface area contributed by atoms with Gasteiger partial charge in [0.05, 0.1) is 22.7 Å². The molecule has 178 valence electrons. The molecule has 7 nitrogen and oxygen atoms in total. The molecule has 0 atom stereocenters. The smallest absolute Gasteiger partial charge is 0.255 e. The summed E-state index contributed by atoms with van der Waals surface area (Å²) in [7, 11) is 0. The molecule has 0 bridgehead atoms. The van der Waals surface area contributed by atoms with Gasteiger partial charge in [0.25, 0.3) is 5.91 Å². The molecule has 2 aromatic rings. The van der Waals surface area contributed by atoms with Crippen LogP contribution in [-0.2, 0) is 9.59 Å². The van der Waals surface area contributed by atoms with Crippen LogP contribution in [0, 0.1) is 5.92 Å². The number of carbonyl (C=O) groups excluding carboxylic acids is 3. The summed E-state index contributed by atoms with van der Waals surface area (Å²) in [6, 6.07) is 14.5. The lowest BCUT2D eigenvalue weighted by atomic mass is 9.86.